The summed E-state index contributed by atoms with van der Waals surface area (Å²) in [6.07, 6.45) is -5.53. The number of H-pyrrole nitrogens is 1. The van der Waals surface area contributed by atoms with Crippen LogP contribution in [0.15, 0.2) is 15.8 Å². The van der Waals surface area contributed by atoms with E-state index in [4.69, 9.17) is 19.4 Å². The van der Waals surface area contributed by atoms with Gasteiger partial charge in [-0.1, -0.05) is 0 Å². The standard InChI is InChI=1S/C10H17N2O15P3/c1-12-2-4(9(15)11-10(12)16)8-7(14)6(13)5(25-8)3-24-29(20,21)27-30(22,23)26-28(17,18)19/h2,5-8,13-14H,3H2,1H3,(H,20,21)(H,22,23)(H,11,15,16)(H2,17,18,19). The van der Waals surface area contributed by atoms with Crippen molar-refractivity contribution in [2.45, 2.75) is 24.4 Å². The first-order chi connectivity index (χ1) is 13.5. The zero-order valence-electron chi connectivity index (χ0n) is 14.7. The van der Waals surface area contributed by atoms with Crippen LogP contribution < -0.4 is 11.2 Å². The van der Waals surface area contributed by atoms with Crippen molar-refractivity contribution in [1.29, 1.82) is 0 Å². The van der Waals surface area contributed by atoms with Gasteiger partial charge in [0, 0.05) is 13.2 Å². The van der Waals surface area contributed by atoms with E-state index in [1.807, 2.05) is 4.98 Å². The maximum Gasteiger partial charge on any atom is 0.490 e. The van der Waals surface area contributed by atoms with Crippen molar-refractivity contribution >= 4 is 23.5 Å². The Morgan fingerprint density at radius 3 is 2.23 bits per heavy atom. The summed E-state index contributed by atoms with van der Waals surface area (Å²) >= 11 is 0. The van der Waals surface area contributed by atoms with Crippen LogP contribution in [-0.2, 0) is 38.6 Å². The first-order valence-corrected chi connectivity index (χ1v) is 12.1. The first-order valence-electron chi connectivity index (χ1n) is 7.61. The quantitative estimate of drug-likeness (QED) is 0.184. The Kier molecular flexibility index (Phi) is 7.44. The fourth-order valence-electron chi connectivity index (χ4n) is 2.40. The average molecular weight is 498 g/mol. The number of aromatic nitrogens is 2. The van der Waals surface area contributed by atoms with Gasteiger partial charge in [0.1, 0.15) is 24.4 Å². The van der Waals surface area contributed by atoms with Gasteiger partial charge >= 0.3 is 29.2 Å². The second kappa shape index (κ2) is 8.84. The molecule has 6 unspecified atom stereocenters. The fourth-order valence-corrected chi connectivity index (χ4v) is 5.43. The summed E-state index contributed by atoms with van der Waals surface area (Å²) in [4.78, 5) is 60.6. The van der Waals surface area contributed by atoms with Gasteiger partial charge in [-0.25, -0.2) is 18.5 Å². The molecule has 7 N–H and O–H groups in total. The molecule has 172 valence electrons. The zero-order chi connectivity index (χ0) is 23.1. The highest BCUT2D eigenvalue weighted by Gasteiger charge is 2.47. The van der Waals surface area contributed by atoms with E-state index < -0.39 is 65.7 Å². The highest BCUT2D eigenvalue weighted by molar-refractivity contribution is 7.66. The van der Waals surface area contributed by atoms with Gasteiger partial charge < -0.3 is 39.1 Å². The molecular formula is C10H17N2O15P3. The second-order valence-electron chi connectivity index (χ2n) is 5.92. The molecule has 0 saturated carbocycles. The molecule has 1 aliphatic heterocycles. The van der Waals surface area contributed by atoms with E-state index in [9.17, 15) is 38.4 Å². The Labute approximate surface area is 165 Å². The molecule has 1 aromatic heterocycles. The van der Waals surface area contributed by atoms with Crippen molar-refractivity contribution in [3.05, 3.63) is 32.6 Å². The molecule has 0 bridgehead atoms. The van der Waals surface area contributed by atoms with Gasteiger partial charge in [0.25, 0.3) is 5.56 Å². The maximum atomic E-state index is 11.9. The number of hydrogen-bond donors (Lipinski definition) is 7. The molecule has 0 amide bonds. The molecule has 6 atom stereocenters. The van der Waals surface area contributed by atoms with Gasteiger partial charge in [0.15, 0.2) is 0 Å². The van der Waals surface area contributed by atoms with Crippen molar-refractivity contribution in [3.63, 3.8) is 0 Å². The zero-order valence-corrected chi connectivity index (χ0v) is 17.4. The van der Waals surface area contributed by atoms with E-state index in [0.29, 0.717) is 0 Å². The smallest absolute Gasteiger partial charge is 0.387 e. The minimum Gasteiger partial charge on any atom is -0.387 e. The molecule has 1 fully saturated rings. The van der Waals surface area contributed by atoms with E-state index in [-0.39, 0.29) is 5.56 Å². The Hall–Kier alpha value is -1.03. The Balaban J connectivity index is 2.09. The Morgan fingerprint density at radius 1 is 1.07 bits per heavy atom. The molecule has 0 aliphatic carbocycles. The number of hydrogen-bond acceptors (Lipinski definition) is 11. The van der Waals surface area contributed by atoms with E-state index in [2.05, 4.69) is 13.1 Å². The number of nitrogens with one attached hydrogen (secondary N) is 1. The molecule has 30 heavy (non-hydrogen) atoms. The second-order valence-corrected chi connectivity index (χ2v) is 10.3. The van der Waals surface area contributed by atoms with E-state index in [0.717, 1.165) is 10.8 Å². The molecule has 17 nitrogen and oxygen atoms in total. The fraction of sp³-hybridized carbons (Fsp3) is 0.600. The summed E-state index contributed by atoms with van der Waals surface area (Å²) in [7, 11) is -15.5. The first kappa shape index (κ1) is 25.2. The highest BCUT2D eigenvalue weighted by Crippen LogP contribution is 2.66. The number of aryl methyl sites for hydroxylation is 1. The van der Waals surface area contributed by atoms with Crippen LogP contribution in [0.2, 0.25) is 0 Å². The van der Waals surface area contributed by atoms with Crippen molar-refractivity contribution in [3.8, 4) is 0 Å². The Bertz CT molecular complexity index is 1040. The lowest BCUT2D eigenvalue weighted by molar-refractivity contribution is -0.0228. The van der Waals surface area contributed by atoms with E-state index >= 15 is 0 Å². The van der Waals surface area contributed by atoms with Gasteiger partial charge in [-0.3, -0.25) is 14.3 Å². The van der Waals surface area contributed by atoms with E-state index in [1.165, 1.54) is 7.05 Å². The van der Waals surface area contributed by atoms with Crippen LogP contribution in [0, 0.1) is 0 Å². The topological polar surface area (TPSA) is 264 Å². The number of aliphatic hydroxyl groups is 2. The molecule has 0 radical (unpaired) electrons. The van der Waals surface area contributed by atoms with Crippen LogP contribution in [-0.4, -0.2) is 64.3 Å². The third kappa shape index (κ3) is 6.48. The molecular weight excluding hydrogens is 481 g/mol. The summed E-state index contributed by atoms with van der Waals surface area (Å²) in [5.74, 6) is 0. The third-order valence-electron chi connectivity index (χ3n) is 3.62. The van der Waals surface area contributed by atoms with Crippen molar-refractivity contribution in [2.75, 3.05) is 6.61 Å². The number of rotatable bonds is 8. The molecule has 2 rings (SSSR count). The predicted molar refractivity (Wildman–Crippen MR) is 91.7 cm³/mol. The minimum atomic E-state index is -5.73. The third-order valence-corrected chi connectivity index (χ3v) is 7.43. The molecule has 1 aliphatic rings. The van der Waals surface area contributed by atoms with Crippen LogP contribution in [0.1, 0.15) is 11.7 Å². The number of aromatic amines is 1. The van der Waals surface area contributed by atoms with Crippen molar-refractivity contribution in [1.82, 2.24) is 9.55 Å². The number of phosphoric ester groups is 1. The van der Waals surface area contributed by atoms with Crippen LogP contribution >= 0.6 is 23.5 Å². The molecule has 20 heteroatoms. The van der Waals surface area contributed by atoms with Gasteiger partial charge in [-0.05, 0) is 0 Å². The summed E-state index contributed by atoms with van der Waals surface area (Å²) in [6, 6.07) is 0. The van der Waals surface area contributed by atoms with Gasteiger partial charge in [0.05, 0.1) is 12.2 Å². The monoisotopic (exact) mass is 498 g/mol. The Morgan fingerprint density at radius 2 is 1.67 bits per heavy atom. The van der Waals surface area contributed by atoms with Crippen molar-refractivity contribution < 1.29 is 61.4 Å². The number of ether oxygens (including phenoxy) is 1. The van der Waals surface area contributed by atoms with Gasteiger partial charge in [0.2, 0.25) is 0 Å². The lowest BCUT2D eigenvalue weighted by Gasteiger charge is -2.19. The molecule has 2 heterocycles. The van der Waals surface area contributed by atoms with Gasteiger partial charge in [-0.15, -0.1) is 0 Å². The normalized spacial score (nSPS) is 28.8. The number of aliphatic hydroxyl groups excluding tert-OH is 2. The van der Waals surface area contributed by atoms with E-state index in [1.54, 1.807) is 0 Å². The SMILES string of the molecule is Cn1cc(C2OC(COP(=O)(O)OP(=O)(O)OP(=O)(O)O)C(O)C2O)c(=O)[nH]c1=O. The van der Waals surface area contributed by atoms with Crippen LogP contribution in [0.5, 0.6) is 0 Å². The summed E-state index contributed by atoms with van der Waals surface area (Å²) < 4.78 is 51.1. The molecule has 0 spiro atoms. The summed E-state index contributed by atoms with van der Waals surface area (Å²) in [5, 5.41) is 20.1. The van der Waals surface area contributed by atoms with Crippen LogP contribution in [0.4, 0.5) is 0 Å². The lowest BCUT2D eigenvalue weighted by atomic mass is 10.0. The van der Waals surface area contributed by atoms with Gasteiger partial charge in [-0.2, -0.15) is 8.62 Å². The summed E-state index contributed by atoms with van der Waals surface area (Å²) in [6.45, 7) is -1.04. The van der Waals surface area contributed by atoms with Crippen LogP contribution in [0.25, 0.3) is 0 Å². The maximum absolute atomic E-state index is 11.9. The molecule has 0 aromatic carbocycles. The van der Waals surface area contributed by atoms with Crippen LogP contribution in [0.3, 0.4) is 0 Å². The predicted octanol–water partition coefficient (Wildman–Crippen LogP) is -2.42. The largest absolute Gasteiger partial charge is 0.490 e. The lowest BCUT2D eigenvalue weighted by Crippen LogP contribution is -2.35. The minimum absolute atomic E-state index is 0.260. The highest BCUT2D eigenvalue weighted by atomic mass is 31.3. The average Bonchev–Trinajstić information content (AvgIpc) is 2.81. The van der Waals surface area contributed by atoms with Crippen molar-refractivity contribution in [2.24, 2.45) is 7.05 Å². The summed E-state index contributed by atoms with van der Waals surface area (Å²) in [5.41, 5.74) is -1.95. The molecule has 1 saturated heterocycles. The number of phosphoric acid groups is 3. The molecule has 1 aromatic rings. The number of nitrogens with zero attached hydrogens (tertiary/aromatic N) is 1.